The maximum Gasteiger partial charge on any atom is 0.372 e. The molecule has 0 atom stereocenters. The Balaban J connectivity index is 1.97. The molecule has 0 radical (unpaired) electrons. The van der Waals surface area contributed by atoms with E-state index >= 15 is 0 Å². The molecule has 9 heteroatoms. The van der Waals surface area contributed by atoms with Crippen LogP contribution in [0, 0.1) is 10.1 Å². The largest absolute Gasteiger partial charge is 0.481 e. The molecule has 2 aromatic rings. The van der Waals surface area contributed by atoms with Gasteiger partial charge in [-0.25, -0.2) is 0 Å². The van der Waals surface area contributed by atoms with Crippen LogP contribution in [-0.4, -0.2) is 30.9 Å². The topological polar surface area (TPSA) is 110 Å². The molecule has 2 aromatic heterocycles. The highest BCUT2D eigenvalue weighted by molar-refractivity contribution is 7.15. The Morgan fingerprint density at radius 3 is 2.95 bits per heavy atom. The molecule has 0 aliphatic heterocycles. The van der Waals surface area contributed by atoms with Gasteiger partial charge in [-0.3, -0.25) is 4.79 Å². The minimum atomic E-state index is -0.916. The number of nitro groups is 1. The molecule has 0 unspecified atom stereocenters. The van der Waals surface area contributed by atoms with Gasteiger partial charge in [-0.1, -0.05) is 11.3 Å². The van der Waals surface area contributed by atoms with Gasteiger partial charge >= 0.3 is 11.8 Å². The van der Waals surface area contributed by atoms with Crippen molar-refractivity contribution in [1.82, 2.24) is 9.38 Å². The van der Waals surface area contributed by atoms with Crippen molar-refractivity contribution in [2.45, 2.75) is 31.2 Å². The molecule has 0 bridgehead atoms. The van der Waals surface area contributed by atoms with Gasteiger partial charge in [0.25, 0.3) is 4.96 Å². The van der Waals surface area contributed by atoms with Crippen LogP contribution < -0.4 is 5.32 Å². The van der Waals surface area contributed by atoms with Crippen molar-refractivity contribution in [1.29, 1.82) is 0 Å². The maximum absolute atomic E-state index is 11.2. The highest BCUT2D eigenvalue weighted by Crippen LogP contribution is 2.40. The van der Waals surface area contributed by atoms with E-state index in [1.165, 1.54) is 15.7 Å². The van der Waals surface area contributed by atoms with Gasteiger partial charge in [0.05, 0.1) is 6.42 Å². The molecule has 1 saturated carbocycles. The average Bonchev–Trinajstić information content (AvgIpc) is 2.84. The van der Waals surface area contributed by atoms with Crippen molar-refractivity contribution in [3.05, 3.63) is 21.7 Å². The standard InChI is InChI=1S/C11H12N4O4S/c16-7(17)6-11(2-1-3-11)13-8-9(15(18)19)14-4-5-20-10(14)12-8/h4-5,13H,1-3,6H2,(H,16,17). The Hall–Kier alpha value is -2.16. The molecule has 1 aliphatic rings. The number of carboxylic acids is 1. The molecule has 0 aromatic carbocycles. The first-order valence-electron chi connectivity index (χ1n) is 6.11. The molecule has 0 saturated heterocycles. The van der Waals surface area contributed by atoms with Crippen LogP contribution in [0.15, 0.2) is 11.6 Å². The molecule has 20 heavy (non-hydrogen) atoms. The van der Waals surface area contributed by atoms with Crippen molar-refractivity contribution in [2.24, 2.45) is 0 Å². The monoisotopic (exact) mass is 296 g/mol. The first-order valence-corrected chi connectivity index (χ1v) is 6.99. The van der Waals surface area contributed by atoms with Gasteiger partial charge in [0.1, 0.15) is 6.20 Å². The van der Waals surface area contributed by atoms with Gasteiger partial charge in [-0.2, -0.15) is 9.38 Å². The molecule has 1 aliphatic carbocycles. The lowest BCUT2D eigenvalue weighted by molar-refractivity contribution is -0.389. The van der Waals surface area contributed by atoms with Crippen LogP contribution in [0.4, 0.5) is 11.6 Å². The molecular formula is C11H12N4O4S. The maximum atomic E-state index is 11.2. The number of hydrogen-bond acceptors (Lipinski definition) is 6. The zero-order valence-electron chi connectivity index (χ0n) is 10.4. The number of imidazole rings is 1. The predicted molar refractivity (Wildman–Crippen MR) is 72.2 cm³/mol. The smallest absolute Gasteiger partial charge is 0.372 e. The fraction of sp³-hybridized carbons (Fsp3) is 0.455. The highest BCUT2D eigenvalue weighted by Gasteiger charge is 2.41. The van der Waals surface area contributed by atoms with Crippen LogP contribution in [0.25, 0.3) is 4.96 Å². The second kappa shape index (κ2) is 4.44. The van der Waals surface area contributed by atoms with Crippen LogP contribution in [0.2, 0.25) is 0 Å². The molecular weight excluding hydrogens is 284 g/mol. The molecule has 1 fully saturated rings. The lowest BCUT2D eigenvalue weighted by Crippen LogP contribution is -2.47. The van der Waals surface area contributed by atoms with Gasteiger partial charge in [-0.15, -0.1) is 0 Å². The van der Waals surface area contributed by atoms with Crippen molar-refractivity contribution >= 4 is 33.9 Å². The average molecular weight is 296 g/mol. The normalized spacial score (nSPS) is 16.8. The van der Waals surface area contributed by atoms with Gasteiger partial charge in [-0.05, 0) is 24.2 Å². The Labute approximate surface area is 117 Å². The van der Waals surface area contributed by atoms with Crippen molar-refractivity contribution in [3.63, 3.8) is 0 Å². The third kappa shape index (κ3) is 1.99. The van der Waals surface area contributed by atoms with Crippen LogP contribution >= 0.6 is 11.3 Å². The minimum absolute atomic E-state index is 0.0602. The fourth-order valence-electron chi connectivity index (χ4n) is 2.52. The van der Waals surface area contributed by atoms with Gasteiger partial charge in [0, 0.05) is 10.9 Å². The number of fused-ring (bicyclic) bond motifs is 1. The molecule has 0 amide bonds. The minimum Gasteiger partial charge on any atom is -0.481 e. The first kappa shape index (κ1) is 12.9. The third-order valence-corrected chi connectivity index (χ3v) is 4.35. The molecule has 3 rings (SSSR count). The second-order valence-corrected chi connectivity index (χ2v) is 5.80. The SMILES string of the molecule is O=C(O)CC1(Nc2nc3sccn3c2[N+](=O)[O-])CCC1. The van der Waals surface area contributed by atoms with Crippen LogP contribution in [0.5, 0.6) is 0 Å². The fourth-order valence-corrected chi connectivity index (χ4v) is 3.23. The second-order valence-electron chi connectivity index (χ2n) is 4.93. The number of rotatable bonds is 5. The van der Waals surface area contributed by atoms with Crippen LogP contribution in [0.3, 0.4) is 0 Å². The van der Waals surface area contributed by atoms with E-state index in [1.54, 1.807) is 11.6 Å². The van der Waals surface area contributed by atoms with E-state index in [0.29, 0.717) is 17.8 Å². The van der Waals surface area contributed by atoms with Gasteiger partial charge < -0.3 is 20.5 Å². The summed E-state index contributed by atoms with van der Waals surface area (Å²) < 4.78 is 1.40. The number of anilines is 1. The summed E-state index contributed by atoms with van der Waals surface area (Å²) >= 11 is 1.30. The zero-order valence-corrected chi connectivity index (χ0v) is 11.2. The Kier molecular flexibility index (Phi) is 2.85. The van der Waals surface area contributed by atoms with E-state index < -0.39 is 16.4 Å². The van der Waals surface area contributed by atoms with E-state index in [4.69, 9.17) is 5.11 Å². The summed E-state index contributed by atoms with van der Waals surface area (Å²) in [6.07, 6.45) is 3.80. The lowest BCUT2D eigenvalue weighted by Gasteiger charge is -2.41. The number of nitrogens with zero attached hydrogens (tertiary/aromatic N) is 3. The summed E-state index contributed by atoms with van der Waals surface area (Å²) in [7, 11) is 0. The summed E-state index contributed by atoms with van der Waals surface area (Å²) in [6.45, 7) is 0. The molecule has 106 valence electrons. The summed E-state index contributed by atoms with van der Waals surface area (Å²) in [5.41, 5.74) is -0.610. The molecule has 2 heterocycles. The van der Waals surface area contributed by atoms with Gasteiger partial charge in [0.15, 0.2) is 0 Å². The summed E-state index contributed by atoms with van der Waals surface area (Å²) in [4.78, 5) is 26.4. The number of carboxylic acid groups (broad SMARTS) is 1. The van der Waals surface area contributed by atoms with Crippen molar-refractivity contribution in [2.75, 3.05) is 5.32 Å². The van der Waals surface area contributed by atoms with E-state index in [0.717, 1.165) is 6.42 Å². The summed E-state index contributed by atoms with van der Waals surface area (Å²) in [5, 5.41) is 24.9. The van der Waals surface area contributed by atoms with Crippen LogP contribution in [0.1, 0.15) is 25.7 Å². The lowest BCUT2D eigenvalue weighted by atomic mass is 9.74. The van der Waals surface area contributed by atoms with Crippen molar-refractivity contribution in [3.8, 4) is 0 Å². The number of aromatic nitrogens is 2. The predicted octanol–water partition coefficient (Wildman–Crippen LogP) is 2.11. The molecule has 2 N–H and O–H groups in total. The Morgan fingerprint density at radius 2 is 2.40 bits per heavy atom. The number of nitrogens with one attached hydrogen (secondary N) is 1. The zero-order chi connectivity index (χ0) is 14.3. The number of aliphatic carboxylic acids is 1. The van der Waals surface area contributed by atoms with E-state index in [1.807, 2.05) is 0 Å². The van der Waals surface area contributed by atoms with E-state index in [2.05, 4.69) is 10.3 Å². The first-order chi connectivity index (χ1) is 9.51. The quantitative estimate of drug-likeness (QED) is 0.646. The van der Waals surface area contributed by atoms with Gasteiger partial charge in [0.2, 0.25) is 5.82 Å². The van der Waals surface area contributed by atoms with E-state index in [9.17, 15) is 14.9 Å². The molecule has 0 spiro atoms. The highest BCUT2D eigenvalue weighted by atomic mass is 32.1. The third-order valence-electron chi connectivity index (χ3n) is 3.59. The summed E-state index contributed by atoms with van der Waals surface area (Å²) in [6, 6.07) is 0. The Bertz CT molecular complexity index is 688. The van der Waals surface area contributed by atoms with E-state index in [-0.39, 0.29) is 18.1 Å². The number of thiazole rings is 1. The molecule has 8 nitrogen and oxygen atoms in total. The number of hydrogen-bond donors (Lipinski definition) is 2. The van der Waals surface area contributed by atoms with Crippen molar-refractivity contribution < 1.29 is 14.8 Å². The number of carbonyl (C=O) groups is 1. The van der Waals surface area contributed by atoms with Crippen LogP contribution in [-0.2, 0) is 4.79 Å². The Morgan fingerprint density at radius 1 is 1.65 bits per heavy atom. The summed E-state index contributed by atoms with van der Waals surface area (Å²) in [5.74, 6) is -0.901.